The SMILES string of the molecule is CCO[C@H]1CN(c2ccccn2)CC1Nc1c(C)nc(-c2ccc(N(C)C)cc2Cl)n(C)c1=O. The molecular formula is C25H31ClN6O2. The molecule has 1 N–H and O–H groups in total. The molecule has 34 heavy (non-hydrogen) atoms. The van der Waals surface area contributed by atoms with Crippen molar-refractivity contribution in [3.8, 4) is 11.4 Å². The van der Waals surface area contributed by atoms with Gasteiger partial charge >= 0.3 is 0 Å². The van der Waals surface area contributed by atoms with Crippen LogP contribution in [-0.4, -0.2) is 60.5 Å². The monoisotopic (exact) mass is 482 g/mol. The minimum absolute atomic E-state index is 0.0797. The summed E-state index contributed by atoms with van der Waals surface area (Å²) in [6, 6.07) is 11.5. The maximum atomic E-state index is 13.4. The van der Waals surface area contributed by atoms with Gasteiger partial charge < -0.3 is 19.9 Å². The van der Waals surface area contributed by atoms with E-state index < -0.39 is 0 Å². The third kappa shape index (κ3) is 4.74. The first-order valence-electron chi connectivity index (χ1n) is 11.4. The van der Waals surface area contributed by atoms with E-state index in [1.165, 1.54) is 0 Å². The highest BCUT2D eigenvalue weighted by molar-refractivity contribution is 6.33. The predicted octanol–water partition coefficient (Wildman–Crippen LogP) is 3.58. The molecule has 1 aliphatic rings. The van der Waals surface area contributed by atoms with E-state index in [0.717, 1.165) is 17.1 Å². The van der Waals surface area contributed by atoms with E-state index in [1.54, 1.807) is 17.8 Å². The first kappa shape index (κ1) is 24.0. The highest BCUT2D eigenvalue weighted by Crippen LogP contribution is 2.30. The molecule has 2 aromatic heterocycles. The van der Waals surface area contributed by atoms with E-state index in [2.05, 4.69) is 15.2 Å². The van der Waals surface area contributed by atoms with Gasteiger partial charge in [0, 0.05) is 58.3 Å². The Hall–Kier alpha value is -3.10. The van der Waals surface area contributed by atoms with E-state index in [-0.39, 0.29) is 17.7 Å². The lowest BCUT2D eigenvalue weighted by atomic mass is 10.1. The molecule has 1 aliphatic heterocycles. The van der Waals surface area contributed by atoms with Crippen molar-refractivity contribution >= 4 is 28.8 Å². The average molecular weight is 483 g/mol. The molecule has 0 radical (unpaired) electrons. The Labute approximate surface area is 205 Å². The Morgan fingerprint density at radius 1 is 1.24 bits per heavy atom. The topological polar surface area (TPSA) is 75.5 Å². The van der Waals surface area contributed by atoms with Gasteiger partial charge in [-0.1, -0.05) is 17.7 Å². The highest BCUT2D eigenvalue weighted by Gasteiger charge is 2.35. The summed E-state index contributed by atoms with van der Waals surface area (Å²) in [5, 5.41) is 3.99. The van der Waals surface area contributed by atoms with Crippen LogP contribution in [0.4, 0.5) is 17.2 Å². The molecule has 2 atom stereocenters. The molecule has 0 bridgehead atoms. The molecule has 3 aromatic rings. The zero-order valence-corrected chi connectivity index (χ0v) is 21.0. The molecule has 1 fully saturated rings. The molecule has 3 heterocycles. The Morgan fingerprint density at radius 2 is 2.03 bits per heavy atom. The Morgan fingerprint density at radius 3 is 2.68 bits per heavy atom. The van der Waals surface area contributed by atoms with Crippen molar-refractivity contribution in [1.29, 1.82) is 0 Å². The molecule has 1 aromatic carbocycles. The van der Waals surface area contributed by atoms with Crippen molar-refractivity contribution in [2.75, 3.05) is 48.9 Å². The van der Waals surface area contributed by atoms with E-state index >= 15 is 0 Å². The fourth-order valence-electron chi connectivity index (χ4n) is 4.29. The Kier molecular flexibility index (Phi) is 7.09. The molecule has 0 aliphatic carbocycles. The number of aromatic nitrogens is 3. The Balaban J connectivity index is 1.64. The molecule has 8 nitrogen and oxygen atoms in total. The molecular weight excluding hydrogens is 452 g/mol. The van der Waals surface area contributed by atoms with E-state index in [4.69, 9.17) is 21.3 Å². The van der Waals surface area contributed by atoms with E-state index in [1.807, 2.05) is 69.2 Å². The fraction of sp³-hybridized carbons (Fsp3) is 0.400. The number of halogens is 1. The van der Waals surface area contributed by atoms with Gasteiger partial charge in [0.15, 0.2) is 0 Å². The van der Waals surface area contributed by atoms with Crippen LogP contribution in [0.1, 0.15) is 12.6 Å². The summed E-state index contributed by atoms with van der Waals surface area (Å²) in [7, 11) is 5.63. The van der Waals surface area contributed by atoms with E-state index in [0.29, 0.717) is 41.9 Å². The van der Waals surface area contributed by atoms with Crippen molar-refractivity contribution in [1.82, 2.24) is 14.5 Å². The van der Waals surface area contributed by atoms with Crippen LogP contribution in [0.25, 0.3) is 11.4 Å². The third-order valence-electron chi connectivity index (χ3n) is 6.13. The minimum Gasteiger partial charge on any atom is -0.378 e. The number of hydrogen-bond donors (Lipinski definition) is 1. The number of anilines is 3. The van der Waals surface area contributed by atoms with Gasteiger partial charge in [-0.3, -0.25) is 9.36 Å². The largest absolute Gasteiger partial charge is 0.378 e. The molecule has 180 valence electrons. The highest BCUT2D eigenvalue weighted by atomic mass is 35.5. The molecule has 0 saturated carbocycles. The second-order valence-electron chi connectivity index (χ2n) is 8.66. The van der Waals surface area contributed by atoms with Crippen molar-refractivity contribution in [2.24, 2.45) is 7.05 Å². The molecule has 1 saturated heterocycles. The van der Waals surface area contributed by atoms with Gasteiger partial charge in [-0.15, -0.1) is 0 Å². The normalized spacial score (nSPS) is 17.8. The van der Waals surface area contributed by atoms with Crippen molar-refractivity contribution in [3.05, 3.63) is 63.7 Å². The molecule has 4 rings (SSSR count). The maximum absolute atomic E-state index is 13.4. The van der Waals surface area contributed by atoms with Crippen LogP contribution < -0.4 is 20.7 Å². The lowest BCUT2D eigenvalue weighted by molar-refractivity contribution is 0.0720. The summed E-state index contributed by atoms with van der Waals surface area (Å²) in [5.74, 6) is 1.43. The zero-order valence-electron chi connectivity index (χ0n) is 20.2. The second kappa shape index (κ2) is 10.0. The summed E-state index contributed by atoms with van der Waals surface area (Å²) in [6.45, 7) is 5.78. The molecule has 9 heteroatoms. The lowest BCUT2D eigenvalue weighted by Crippen LogP contribution is -2.38. The lowest BCUT2D eigenvalue weighted by Gasteiger charge is -2.22. The maximum Gasteiger partial charge on any atom is 0.277 e. The minimum atomic E-state index is -0.151. The zero-order chi connectivity index (χ0) is 24.4. The van der Waals surface area contributed by atoms with Crippen molar-refractivity contribution in [3.63, 3.8) is 0 Å². The molecule has 0 spiro atoms. The van der Waals surface area contributed by atoms with E-state index in [9.17, 15) is 4.79 Å². The van der Waals surface area contributed by atoms with Crippen molar-refractivity contribution < 1.29 is 4.74 Å². The average Bonchev–Trinajstić information content (AvgIpc) is 3.22. The predicted molar refractivity (Wildman–Crippen MR) is 138 cm³/mol. The van der Waals surface area contributed by atoms with Crippen LogP contribution in [0.5, 0.6) is 0 Å². The van der Waals surface area contributed by atoms with Gasteiger partial charge in [0.2, 0.25) is 0 Å². The van der Waals surface area contributed by atoms with Gasteiger partial charge in [-0.2, -0.15) is 0 Å². The number of benzene rings is 1. The number of nitrogens with one attached hydrogen (secondary N) is 1. The first-order chi connectivity index (χ1) is 16.3. The summed E-state index contributed by atoms with van der Waals surface area (Å²) in [4.78, 5) is 26.8. The number of nitrogens with zero attached hydrogens (tertiary/aromatic N) is 5. The molecule has 1 unspecified atom stereocenters. The fourth-order valence-corrected chi connectivity index (χ4v) is 4.55. The second-order valence-corrected chi connectivity index (χ2v) is 9.06. The standard InChI is InChI=1S/C25H31ClN6O2/c1-6-34-21-15-32(22-9-7-8-12-27-22)14-20(21)29-23-16(2)28-24(31(5)25(23)33)18-11-10-17(30(3)4)13-19(18)26/h7-13,20-21,29H,6,14-15H2,1-5H3/t20?,21-/m0/s1. The number of rotatable bonds is 7. The van der Waals surface area contributed by atoms with Crippen LogP contribution in [-0.2, 0) is 11.8 Å². The quantitative estimate of drug-likeness (QED) is 0.551. The first-order valence-corrected chi connectivity index (χ1v) is 11.8. The molecule has 0 amide bonds. The number of pyridine rings is 1. The van der Waals surface area contributed by atoms with Gasteiger partial charge in [-0.05, 0) is 44.2 Å². The van der Waals surface area contributed by atoms with Crippen LogP contribution >= 0.6 is 11.6 Å². The van der Waals surface area contributed by atoms with Gasteiger partial charge in [-0.25, -0.2) is 9.97 Å². The van der Waals surface area contributed by atoms with Crippen LogP contribution in [0.3, 0.4) is 0 Å². The van der Waals surface area contributed by atoms with Crippen LogP contribution in [0.2, 0.25) is 5.02 Å². The third-order valence-corrected chi connectivity index (χ3v) is 6.44. The summed E-state index contributed by atoms with van der Waals surface area (Å²) in [6.07, 6.45) is 1.70. The van der Waals surface area contributed by atoms with Crippen LogP contribution in [0, 0.1) is 6.92 Å². The summed E-state index contributed by atoms with van der Waals surface area (Å²) in [5.41, 5.74) is 2.65. The van der Waals surface area contributed by atoms with Gasteiger partial charge in [0.25, 0.3) is 5.56 Å². The number of ether oxygens (including phenoxy) is 1. The van der Waals surface area contributed by atoms with Gasteiger partial charge in [0.05, 0.1) is 22.9 Å². The smallest absolute Gasteiger partial charge is 0.277 e. The number of hydrogen-bond acceptors (Lipinski definition) is 7. The van der Waals surface area contributed by atoms with Gasteiger partial charge in [0.1, 0.15) is 17.3 Å². The Bertz CT molecular complexity index is 1210. The number of aryl methyl sites for hydroxylation is 1. The summed E-state index contributed by atoms with van der Waals surface area (Å²) < 4.78 is 7.55. The van der Waals surface area contributed by atoms with Crippen LogP contribution in [0.15, 0.2) is 47.4 Å². The van der Waals surface area contributed by atoms with Crippen molar-refractivity contribution in [2.45, 2.75) is 26.0 Å². The summed E-state index contributed by atoms with van der Waals surface area (Å²) >= 11 is 6.56.